The quantitative estimate of drug-likeness (QED) is 0.675. The van der Waals surface area contributed by atoms with Gasteiger partial charge in [0.05, 0.1) is 11.1 Å². The summed E-state index contributed by atoms with van der Waals surface area (Å²) in [5.74, 6) is -0.769. The predicted octanol–water partition coefficient (Wildman–Crippen LogP) is 4.14. The lowest BCUT2D eigenvalue weighted by Crippen LogP contribution is -2.19. The van der Waals surface area contributed by atoms with E-state index in [2.05, 4.69) is 19.9 Å². The maximum Gasteiger partial charge on any atom is 0.422 e. The number of halogens is 6. The maximum absolute atomic E-state index is 13.5. The molecule has 0 amide bonds. The molecule has 0 aliphatic carbocycles. The van der Waals surface area contributed by atoms with E-state index in [9.17, 15) is 26.3 Å². The zero-order valence-electron chi connectivity index (χ0n) is 13.4. The third-order valence-corrected chi connectivity index (χ3v) is 3.46. The van der Waals surface area contributed by atoms with Crippen molar-refractivity contribution in [3.05, 3.63) is 29.3 Å². The first-order chi connectivity index (χ1) is 12.4. The largest absolute Gasteiger partial charge is 0.484 e. The molecule has 0 atom stereocenters. The average molecular weight is 392 g/mol. The lowest BCUT2D eigenvalue weighted by atomic mass is 10.0. The number of aryl methyl sites for hydroxylation is 1. The van der Waals surface area contributed by atoms with Crippen molar-refractivity contribution in [2.75, 3.05) is 12.3 Å². The van der Waals surface area contributed by atoms with Crippen LogP contribution in [0.1, 0.15) is 11.1 Å². The molecule has 0 radical (unpaired) electrons. The Morgan fingerprint density at radius 1 is 1.07 bits per heavy atom. The number of alkyl halides is 6. The fraction of sp³-hybridized carbons (Fsp3) is 0.267. The monoisotopic (exact) mass is 392 g/mol. The van der Waals surface area contributed by atoms with Crippen molar-refractivity contribution in [3.63, 3.8) is 0 Å². The van der Waals surface area contributed by atoms with E-state index in [4.69, 9.17) is 10.2 Å². The molecule has 27 heavy (non-hydrogen) atoms. The summed E-state index contributed by atoms with van der Waals surface area (Å²) >= 11 is 0. The number of fused-ring (bicyclic) bond motifs is 1. The van der Waals surface area contributed by atoms with E-state index in [0.717, 1.165) is 6.07 Å². The highest BCUT2D eigenvalue weighted by atomic mass is 19.4. The molecule has 2 heterocycles. The molecular formula is C15H10F6N4O2. The molecule has 0 aliphatic rings. The van der Waals surface area contributed by atoms with Gasteiger partial charge in [0.2, 0.25) is 0 Å². The van der Waals surface area contributed by atoms with Gasteiger partial charge >= 0.3 is 18.4 Å². The normalized spacial score (nSPS) is 12.6. The molecule has 0 saturated carbocycles. The van der Waals surface area contributed by atoms with Gasteiger partial charge in [0, 0.05) is 5.39 Å². The van der Waals surface area contributed by atoms with Crippen LogP contribution in [-0.2, 0) is 6.18 Å². The summed E-state index contributed by atoms with van der Waals surface area (Å²) < 4.78 is 86.8. The van der Waals surface area contributed by atoms with Crippen LogP contribution in [0, 0.1) is 6.92 Å². The number of hydrogen-bond donors (Lipinski definition) is 1. The second-order valence-electron chi connectivity index (χ2n) is 5.54. The van der Waals surface area contributed by atoms with E-state index >= 15 is 0 Å². The topological polar surface area (TPSA) is 87.1 Å². The summed E-state index contributed by atoms with van der Waals surface area (Å²) in [5.41, 5.74) is 3.78. The molecule has 144 valence electrons. The maximum atomic E-state index is 13.5. The molecule has 2 aromatic heterocycles. The standard InChI is InChI=1S/C15H10F6N4O2/c1-6-2-10(12-24-25-13(22)27-12)23-11-8(6)3-7(26-5-14(16,17)18)4-9(11)15(19,20)21/h2-4H,5H2,1H3,(H2,22,25). The SMILES string of the molecule is Cc1cc(-c2nnc(N)o2)nc2c(C(F)(F)F)cc(OCC(F)(F)F)cc12. The Labute approximate surface area is 146 Å². The Balaban J connectivity index is 2.19. The highest BCUT2D eigenvalue weighted by Crippen LogP contribution is 2.39. The fourth-order valence-electron chi connectivity index (χ4n) is 2.38. The molecule has 0 fully saturated rings. The van der Waals surface area contributed by atoms with Gasteiger partial charge in [-0.15, -0.1) is 5.10 Å². The molecule has 1 aromatic carbocycles. The molecule has 0 bridgehead atoms. The molecule has 2 N–H and O–H groups in total. The smallest absolute Gasteiger partial charge is 0.422 e. The Kier molecular flexibility index (Phi) is 4.36. The number of benzene rings is 1. The molecule has 3 rings (SSSR count). The van der Waals surface area contributed by atoms with Crippen LogP contribution in [-0.4, -0.2) is 28.0 Å². The molecule has 6 nitrogen and oxygen atoms in total. The first-order valence-electron chi connectivity index (χ1n) is 7.25. The predicted molar refractivity (Wildman–Crippen MR) is 80.7 cm³/mol. The molecule has 12 heteroatoms. The van der Waals surface area contributed by atoms with Gasteiger partial charge in [0.25, 0.3) is 5.89 Å². The van der Waals surface area contributed by atoms with Crippen LogP contribution in [0.2, 0.25) is 0 Å². The number of hydrogen-bond acceptors (Lipinski definition) is 6. The molecule has 0 aliphatic heterocycles. The Bertz CT molecular complexity index is 996. The number of rotatable bonds is 3. The van der Waals surface area contributed by atoms with Gasteiger partial charge in [-0.25, -0.2) is 4.98 Å². The first-order valence-corrected chi connectivity index (χ1v) is 7.25. The van der Waals surface area contributed by atoms with Crippen LogP contribution in [0.5, 0.6) is 5.75 Å². The Hall–Kier alpha value is -3.05. The van der Waals surface area contributed by atoms with Gasteiger partial charge in [-0.3, -0.25) is 0 Å². The molecule has 3 aromatic rings. The van der Waals surface area contributed by atoms with Gasteiger partial charge in [0.1, 0.15) is 11.4 Å². The third kappa shape index (κ3) is 4.04. The minimum Gasteiger partial charge on any atom is -0.484 e. The zero-order chi connectivity index (χ0) is 20.0. The summed E-state index contributed by atoms with van der Waals surface area (Å²) in [6.07, 6.45) is -9.58. The Morgan fingerprint density at radius 2 is 1.78 bits per heavy atom. The van der Waals surface area contributed by atoms with E-state index in [1.54, 1.807) is 0 Å². The van der Waals surface area contributed by atoms with Crippen molar-refractivity contribution in [2.24, 2.45) is 0 Å². The summed E-state index contributed by atoms with van der Waals surface area (Å²) in [5, 5.41) is 6.94. The van der Waals surface area contributed by atoms with E-state index in [-0.39, 0.29) is 28.5 Å². The third-order valence-electron chi connectivity index (χ3n) is 3.46. The number of ether oxygens (including phenoxy) is 1. The van der Waals surface area contributed by atoms with Crippen LogP contribution < -0.4 is 10.5 Å². The van der Waals surface area contributed by atoms with Crippen molar-refractivity contribution in [2.45, 2.75) is 19.3 Å². The number of nitrogen functional groups attached to an aromatic ring is 1. The van der Waals surface area contributed by atoms with Gasteiger partial charge < -0.3 is 14.9 Å². The number of anilines is 1. The summed E-state index contributed by atoms with van der Waals surface area (Å²) in [6, 6.07) is 2.58. The Morgan fingerprint density at radius 3 is 2.33 bits per heavy atom. The minimum absolute atomic E-state index is 0.0294. The van der Waals surface area contributed by atoms with Gasteiger partial charge in [-0.05, 0) is 30.7 Å². The second kappa shape index (κ2) is 6.28. The number of pyridine rings is 1. The minimum atomic E-state index is -4.89. The van der Waals surface area contributed by atoms with E-state index in [1.807, 2.05) is 0 Å². The summed E-state index contributed by atoms with van der Waals surface area (Å²) in [6.45, 7) is -0.261. The average Bonchev–Trinajstić information content (AvgIpc) is 2.97. The lowest BCUT2D eigenvalue weighted by Gasteiger charge is -2.15. The summed E-state index contributed by atoms with van der Waals surface area (Å²) in [4.78, 5) is 3.89. The molecular weight excluding hydrogens is 382 g/mol. The van der Waals surface area contributed by atoms with Gasteiger partial charge in [-0.2, -0.15) is 26.3 Å². The molecule has 0 saturated heterocycles. The van der Waals surface area contributed by atoms with Gasteiger partial charge in [-0.1, -0.05) is 5.10 Å². The van der Waals surface area contributed by atoms with Crippen LogP contribution in [0.15, 0.2) is 22.6 Å². The highest BCUT2D eigenvalue weighted by molar-refractivity contribution is 5.88. The van der Waals surface area contributed by atoms with Crippen molar-refractivity contribution in [1.82, 2.24) is 15.2 Å². The van der Waals surface area contributed by atoms with Crippen LogP contribution >= 0.6 is 0 Å². The summed E-state index contributed by atoms with van der Waals surface area (Å²) in [7, 11) is 0. The highest BCUT2D eigenvalue weighted by Gasteiger charge is 2.35. The van der Waals surface area contributed by atoms with Crippen LogP contribution in [0.25, 0.3) is 22.5 Å². The van der Waals surface area contributed by atoms with Crippen LogP contribution in [0.4, 0.5) is 32.4 Å². The van der Waals surface area contributed by atoms with Gasteiger partial charge in [0.15, 0.2) is 6.61 Å². The number of nitrogens with zero attached hydrogens (tertiary/aromatic N) is 3. The number of aromatic nitrogens is 3. The van der Waals surface area contributed by atoms with Crippen molar-refractivity contribution >= 4 is 16.9 Å². The fourth-order valence-corrected chi connectivity index (χ4v) is 2.38. The van der Waals surface area contributed by atoms with Crippen LogP contribution in [0.3, 0.4) is 0 Å². The number of nitrogens with two attached hydrogens (primary N) is 1. The van der Waals surface area contributed by atoms with Crippen molar-refractivity contribution in [1.29, 1.82) is 0 Å². The zero-order valence-corrected chi connectivity index (χ0v) is 13.4. The van der Waals surface area contributed by atoms with E-state index in [0.29, 0.717) is 6.07 Å². The van der Waals surface area contributed by atoms with E-state index < -0.39 is 35.8 Å². The van der Waals surface area contributed by atoms with Crippen molar-refractivity contribution in [3.8, 4) is 17.3 Å². The molecule has 0 spiro atoms. The second-order valence-corrected chi connectivity index (χ2v) is 5.54. The lowest BCUT2D eigenvalue weighted by molar-refractivity contribution is -0.153. The first kappa shape index (κ1) is 18.7. The van der Waals surface area contributed by atoms with E-state index in [1.165, 1.54) is 13.0 Å². The molecule has 0 unspecified atom stereocenters. The van der Waals surface area contributed by atoms with Crippen molar-refractivity contribution < 1.29 is 35.5 Å².